The second kappa shape index (κ2) is 6.61. The molecule has 20 heavy (non-hydrogen) atoms. The molecule has 0 unspecified atom stereocenters. The van der Waals surface area contributed by atoms with E-state index < -0.39 is 11.6 Å². The molecule has 1 N–H and O–H groups in total. The SMILES string of the molecule is CC(C)CNCCc1ncc(-c2cccc(F)c2F)o1. The molecule has 2 rings (SSSR count). The van der Waals surface area contributed by atoms with Gasteiger partial charge >= 0.3 is 0 Å². The minimum absolute atomic E-state index is 0.0962. The van der Waals surface area contributed by atoms with Crippen molar-refractivity contribution >= 4 is 0 Å². The monoisotopic (exact) mass is 280 g/mol. The number of hydrogen-bond donors (Lipinski definition) is 1. The van der Waals surface area contributed by atoms with Crippen LogP contribution < -0.4 is 5.32 Å². The van der Waals surface area contributed by atoms with Crippen LogP contribution in [-0.2, 0) is 6.42 Å². The first-order chi connectivity index (χ1) is 9.58. The van der Waals surface area contributed by atoms with Crippen LogP contribution in [0.1, 0.15) is 19.7 Å². The van der Waals surface area contributed by atoms with E-state index >= 15 is 0 Å². The molecule has 1 aromatic carbocycles. The predicted molar refractivity (Wildman–Crippen MR) is 73.3 cm³/mol. The fourth-order valence-corrected chi connectivity index (χ4v) is 1.83. The molecule has 0 saturated carbocycles. The van der Waals surface area contributed by atoms with E-state index in [0.29, 0.717) is 18.2 Å². The third kappa shape index (κ3) is 3.63. The number of halogens is 2. The van der Waals surface area contributed by atoms with Gasteiger partial charge in [-0.3, -0.25) is 0 Å². The van der Waals surface area contributed by atoms with Gasteiger partial charge in [-0.15, -0.1) is 0 Å². The highest BCUT2D eigenvalue weighted by Gasteiger charge is 2.13. The summed E-state index contributed by atoms with van der Waals surface area (Å²) in [5, 5.41) is 3.27. The van der Waals surface area contributed by atoms with Crippen LogP contribution in [-0.4, -0.2) is 18.1 Å². The normalized spacial score (nSPS) is 11.2. The second-order valence-electron chi connectivity index (χ2n) is 5.07. The Bertz CT molecular complexity index is 567. The summed E-state index contributed by atoms with van der Waals surface area (Å²) in [7, 11) is 0. The van der Waals surface area contributed by atoms with E-state index in [2.05, 4.69) is 24.1 Å². The van der Waals surface area contributed by atoms with Crippen molar-refractivity contribution in [2.24, 2.45) is 5.92 Å². The van der Waals surface area contributed by atoms with Gasteiger partial charge in [0.2, 0.25) is 0 Å². The summed E-state index contributed by atoms with van der Waals surface area (Å²) < 4.78 is 32.2. The maximum Gasteiger partial charge on any atom is 0.196 e. The van der Waals surface area contributed by atoms with Crippen LogP contribution in [0.2, 0.25) is 0 Å². The first-order valence-corrected chi connectivity index (χ1v) is 6.67. The van der Waals surface area contributed by atoms with Gasteiger partial charge in [0, 0.05) is 13.0 Å². The highest BCUT2D eigenvalue weighted by Crippen LogP contribution is 2.25. The molecule has 3 nitrogen and oxygen atoms in total. The molecule has 0 atom stereocenters. The van der Waals surface area contributed by atoms with Crippen LogP contribution in [0.15, 0.2) is 28.8 Å². The van der Waals surface area contributed by atoms with Gasteiger partial charge in [0.05, 0.1) is 11.8 Å². The molecule has 0 aliphatic carbocycles. The predicted octanol–water partition coefficient (Wildman–Crippen LogP) is 3.41. The fraction of sp³-hybridized carbons (Fsp3) is 0.400. The molecule has 5 heteroatoms. The number of nitrogens with zero attached hydrogens (tertiary/aromatic N) is 1. The standard InChI is InChI=1S/C15H18F2N2O/c1-10(2)8-18-7-6-14-19-9-13(20-14)11-4-3-5-12(16)15(11)17/h3-5,9-10,18H,6-8H2,1-2H3. The molecule has 1 aromatic heterocycles. The number of benzene rings is 1. The van der Waals surface area contributed by atoms with Crippen molar-refractivity contribution in [2.45, 2.75) is 20.3 Å². The van der Waals surface area contributed by atoms with Gasteiger partial charge in [-0.05, 0) is 24.6 Å². The minimum atomic E-state index is -0.909. The Morgan fingerprint density at radius 2 is 2.10 bits per heavy atom. The fourth-order valence-electron chi connectivity index (χ4n) is 1.83. The second-order valence-corrected chi connectivity index (χ2v) is 5.07. The van der Waals surface area contributed by atoms with Gasteiger partial charge in [-0.25, -0.2) is 13.8 Å². The molecule has 0 amide bonds. The zero-order valence-corrected chi connectivity index (χ0v) is 11.6. The summed E-state index contributed by atoms with van der Waals surface area (Å²) in [5.41, 5.74) is 0.0962. The van der Waals surface area contributed by atoms with Crippen molar-refractivity contribution in [2.75, 3.05) is 13.1 Å². The molecule has 0 radical (unpaired) electrons. The Balaban J connectivity index is 2.00. The van der Waals surface area contributed by atoms with Crippen molar-refractivity contribution in [1.82, 2.24) is 10.3 Å². The van der Waals surface area contributed by atoms with Crippen molar-refractivity contribution in [1.29, 1.82) is 0 Å². The van der Waals surface area contributed by atoms with Crippen molar-refractivity contribution in [3.8, 4) is 11.3 Å². The van der Waals surface area contributed by atoms with Crippen LogP contribution in [0.4, 0.5) is 8.78 Å². The first kappa shape index (κ1) is 14.7. The highest BCUT2D eigenvalue weighted by atomic mass is 19.2. The molecule has 0 spiro atoms. The van der Waals surface area contributed by atoms with Crippen LogP contribution in [0, 0.1) is 17.6 Å². The third-order valence-corrected chi connectivity index (χ3v) is 2.84. The van der Waals surface area contributed by atoms with E-state index in [-0.39, 0.29) is 11.3 Å². The van der Waals surface area contributed by atoms with Gasteiger partial charge in [-0.2, -0.15) is 0 Å². The molecule has 0 bridgehead atoms. The topological polar surface area (TPSA) is 38.1 Å². The molecule has 0 saturated heterocycles. The summed E-state index contributed by atoms with van der Waals surface area (Å²) in [6.45, 7) is 5.92. The number of rotatable bonds is 6. The van der Waals surface area contributed by atoms with E-state index in [1.807, 2.05) is 0 Å². The maximum atomic E-state index is 13.6. The Kier molecular flexibility index (Phi) is 4.84. The molecule has 0 fully saturated rings. The summed E-state index contributed by atoms with van der Waals surface area (Å²) in [5.74, 6) is -0.454. The Labute approximate surface area is 117 Å². The van der Waals surface area contributed by atoms with Crippen LogP contribution in [0.3, 0.4) is 0 Å². The van der Waals surface area contributed by atoms with Gasteiger partial charge in [0.25, 0.3) is 0 Å². The lowest BCUT2D eigenvalue weighted by Crippen LogP contribution is -2.22. The lowest BCUT2D eigenvalue weighted by atomic mass is 10.2. The lowest BCUT2D eigenvalue weighted by Gasteiger charge is -2.05. The zero-order chi connectivity index (χ0) is 14.5. The maximum absolute atomic E-state index is 13.6. The van der Waals surface area contributed by atoms with E-state index in [0.717, 1.165) is 19.2 Å². The van der Waals surface area contributed by atoms with Crippen molar-refractivity contribution < 1.29 is 13.2 Å². The number of hydrogen-bond acceptors (Lipinski definition) is 3. The van der Waals surface area contributed by atoms with Crippen LogP contribution in [0.25, 0.3) is 11.3 Å². The average Bonchev–Trinajstić information content (AvgIpc) is 2.86. The summed E-state index contributed by atoms with van der Waals surface area (Å²) >= 11 is 0. The Morgan fingerprint density at radius 1 is 1.30 bits per heavy atom. The third-order valence-electron chi connectivity index (χ3n) is 2.84. The molecule has 0 aliphatic heterocycles. The molecule has 108 valence electrons. The number of aromatic nitrogens is 1. The van der Waals surface area contributed by atoms with E-state index in [4.69, 9.17) is 4.42 Å². The molecule has 1 heterocycles. The zero-order valence-electron chi connectivity index (χ0n) is 11.6. The highest BCUT2D eigenvalue weighted by molar-refractivity contribution is 5.57. The van der Waals surface area contributed by atoms with E-state index in [1.54, 1.807) is 0 Å². The number of oxazole rings is 1. The van der Waals surface area contributed by atoms with E-state index in [1.165, 1.54) is 18.3 Å². The summed E-state index contributed by atoms with van der Waals surface area (Å²) in [4.78, 5) is 4.08. The van der Waals surface area contributed by atoms with Gasteiger partial charge in [0.15, 0.2) is 23.3 Å². The van der Waals surface area contributed by atoms with Crippen LogP contribution >= 0.6 is 0 Å². The molecular weight excluding hydrogens is 262 g/mol. The molecule has 0 aliphatic rings. The van der Waals surface area contributed by atoms with Gasteiger partial charge in [0.1, 0.15) is 0 Å². The minimum Gasteiger partial charge on any atom is -0.441 e. The Hall–Kier alpha value is -1.75. The van der Waals surface area contributed by atoms with Crippen LogP contribution in [0.5, 0.6) is 0 Å². The van der Waals surface area contributed by atoms with Crippen molar-refractivity contribution in [3.63, 3.8) is 0 Å². The van der Waals surface area contributed by atoms with E-state index in [9.17, 15) is 8.78 Å². The molecule has 2 aromatic rings. The van der Waals surface area contributed by atoms with Gasteiger partial charge < -0.3 is 9.73 Å². The van der Waals surface area contributed by atoms with Crippen molar-refractivity contribution in [3.05, 3.63) is 41.9 Å². The first-order valence-electron chi connectivity index (χ1n) is 6.67. The average molecular weight is 280 g/mol. The quantitative estimate of drug-likeness (QED) is 0.824. The Morgan fingerprint density at radius 3 is 2.85 bits per heavy atom. The summed E-state index contributed by atoms with van der Waals surface area (Å²) in [6.07, 6.45) is 2.04. The lowest BCUT2D eigenvalue weighted by molar-refractivity contribution is 0.474. The smallest absolute Gasteiger partial charge is 0.196 e. The largest absolute Gasteiger partial charge is 0.441 e. The number of nitrogens with one attached hydrogen (secondary N) is 1. The van der Waals surface area contributed by atoms with Gasteiger partial charge in [-0.1, -0.05) is 19.9 Å². The summed E-state index contributed by atoms with van der Waals surface area (Å²) in [6, 6.07) is 3.99. The molecular formula is C15H18F2N2O.